The number of nitrogens with zero attached hydrogens (tertiary/aromatic N) is 4. The minimum Gasteiger partial charge on any atom is -0.444 e. The van der Waals surface area contributed by atoms with Crippen molar-refractivity contribution in [2.45, 2.75) is 119 Å². The van der Waals surface area contributed by atoms with E-state index in [1.807, 2.05) is 0 Å². The summed E-state index contributed by atoms with van der Waals surface area (Å²) >= 11 is 0. The molecule has 2 heterocycles. The van der Waals surface area contributed by atoms with Crippen molar-refractivity contribution in [1.82, 2.24) is 29.5 Å². The van der Waals surface area contributed by atoms with Crippen LogP contribution in [0.5, 0.6) is 0 Å². The molecule has 0 bridgehead atoms. The van der Waals surface area contributed by atoms with E-state index in [1.54, 1.807) is 33.8 Å². The molecule has 2 aromatic carbocycles. The number of halogens is 1. The smallest absolute Gasteiger partial charge is 0.410 e. The summed E-state index contributed by atoms with van der Waals surface area (Å²) in [4.78, 5) is 82.6. The molecule has 2 aliphatic carbocycles. The molecular weight excluding hydrogens is 882 g/mol. The largest absolute Gasteiger partial charge is 0.444 e. The number of para-hydroxylation sites is 1. The van der Waals surface area contributed by atoms with Gasteiger partial charge in [-0.05, 0) is 64.2 Å². The Morgan fingerprint density at radius 3 is 2.39 bits per heavy atom. The number of carbonyl (C=O) groups excluding carboxylic acids is 5. The van der Waals surface area contributed by atoms with E-state index in [0.717, 1.165) is 21.3 Å². The fourth-order valence-corrected chi connectivity index (χ4v) is 10.8. The van der Waals surface area contributed by atoms with Gasteiger partial charge in [-0.15, -0.1) is 6.58 Å². The molecule has 3 fully saturated rings. The van der Waals surface area contributed by atoms with E-state index in [9.17, 15) is 55.3 Å². The summed E-state index contributed by atoms with van der Waals surface area (Å²) in [7, 11) is -8.84. The summed E-state index contributed by atoms with van der Waals surface area (Å²) in [6.07, 6.45) is -1.00. The standard InChI is InChI=1S/C41H52FN7O13S2/c1-6-8-18-47(64(59,60)34-15-10-9-14-32(34)49(55)56)24-31(43-38(53)62-40(3,4)5)36(51)48-22-27(61-39(54)46-21-25-12-11-13-30(42)29(25)23-46)19-33(48)35(50)44-41(20-26(41)7-2)37(52)45-63(57,58)28-16-17-28/h7,9-15,26-28,31,33H,2,6,8,16-24H2,1,3-5H3,(H,43,53)(H,44,50)(H,45,52)/t26-,27-,31+,33?,41-/m1/s1. The Kier molecular flexibility index (Phi) is 13.8. The maximum atomic E-state index is 15.0. The average molecular weight is 934 g/mol. The first kappa shape index (κ1) is 47.8. The summed E-state index contributed by atoms with van der Waals surface area (Å²) in [5.74, 6) is -4.30. The topological polar surface area (TPSA) is 261 Å². The summed E-state index contributed by atoms with van der Waals surface area (Å²) in [5, 5.41) is 16.2. The van der Waals surface area contributed by atoms with Gasteiger partial charge in [0.15, 0.2) is 4.90 Å². The number of sulfonamides is 2. The molecule has 0 aromatic heterocycles. The van der Waals surface area contributed by atoms with Crippen molar-refractivity contribution < 1.29 is 59.6 Å². The van der Waals surface area contributed by atoms with Crippen LogP contribution in [0.4, 0.5) is 19.7 Å². The Bertz CT molecular complexity index is 2440. The van der Waals surface area contributed by atoms with Gasteiger partial charge in [0.2, 0.25) is 31.9 Å². The van der Waals surface area contributed by atoms with Crippen LogP contribution in [0.25, 0.3) is 0 Å². The molecule has 0 spiro atoms. The number of likely N-dealkylation sites (tertiary alicyclic amines) is 1. The van der Waals surface area contributed by atoms with Crippen LogP contribution in [0.1, 0.15) is 77.3 Å². The first-order chi connectivity index (χ1) is 30.0. The molecule has 348 valence electrons. The van der Waals surface area contributed by atoms with Gasteiger partial charge < -0.3 is 25.0 Å². The summed E-state index contributed by atoms with van der Waals surface area (Å²) in [6, 6.07) is 5.59. The minimum atomic E-state index is -4.77. The molecular formula is C41H52FN7O13S2. The molecule has 20 nitrogen and oxygen atoms in total. The maximum Gasteiger partial charge on any atom is 0.410 e. The zero-order valence-corrected chi connectivity index (χ0v) is 37.4. The van der Waals surface area contributed by atoms with Gasteiger partial charge in [0, 0.05) is 43.6 Å². The molecule has 2 aromatic rings. The van der Waals surface area contributed by atoms with Crippen LogP contribution in [0.3, 0.4) is 0 Å². The van der Waals surface area contributed by atoms with Gasteiger partial charge in [-0.1, -0.05) is 43.7 Å². The second-order valence-corrected chi connectivity index (χ2v) is 21.2. The number of amides is 5. The van der Waals surface area contributed by atoms with E-state index in [4.69, 9.17) is 9.47 Å². The summed E-state index contributed by atoms with van der Waals surface area (Å²) in [6.45, 7) is 8.37. The Balaban J connectivity index is 1.34. The fraction of sp³-hybridized carbons (Fsp3) is 0.537. The van der Waals surface area contributed by atoms with E-state index in [2.05, 4.69) is 21.9 Å². The van der Waals surface area contributed by atoms with Gasteiger partial charge in [0.05, 0.1) is 23.3 Å². The number of alkyl carbamates (subject to hydrolysis) is 1. The summed E-state index contributed by atoms with van der Waals surface area (Å²) < 4.78 is 82.8. The highest BCUT2D eigenvalue weighted by Gasteiger charge is 2.62. The molecule has 2 saturated carbocycles. The quantitative estimate of drug-likeness (QED) is 0.117. The number of nitrogens with one attached hydrogen (secondary N) is 3. The second-order valence-electron chi connectivity index (χ2n) is 17.3. The number of ether oxygens (including phenoxy) is 2. The summed E-state index contributed by atoms with van der Waals surface area (Å²) in [5.41, 5.74) is -2.81. The number of carbonyl (C=O) groups is 5. The molecule has 1 unspecified atom stereocenters. The highest BCUT2D eigenvalue weighted by molar-refractivity contribution is 7.91. The van der Waals surface area contributed by atoms with Crippen molar-refractivity contribution >= 4 is 55.6 Å². The lowest BCUT2D eigenvalue weighted by atomic mass is 10.1. The normalized spacial score (nSPS) is 22.2. The van der Waals surface area contributed by atoms with Crippen molar-refractivity contribution in [3.63, 3.8) is 0 Å². The van der Waals surface area contributed by atoms with Gasteiger partial charge in [0.1, 0.15) is 35.1 Å². The van der Waals surface area contributed by atoms with Crippen LogP contribution in [0, 0.1) is 21.8 Å². The van der Waals surface area contributed by atoms with E-state index in [1.165, 1.54) is 35.2 Å². The molecule has 0 radical (unpaired) electrons. The molecule has 6 rings (SSSR count). The number of nitro benzene ring substituents is 1. The number of hydrogen-bond donors (Lipinski definition) is 3. The van der Waals surface area contributed by atoms with Crippen LogP contribution in [0.15, 0.2) is 60.0 Å². The van der Waals surface area contributed by atoms with Gasteiger partial charge in [0.25, 0.3) is 11.6 Å². The van der Waals surface area contributed by atoms with E-state index in [0.29, 0.717) is 24.8 Å². The molecule has 5 amide bonds. The van der Waals surface area contributed by atoms with Crippen LogP contribution >= 0.6 is 0 Å². The first-order valence-electron chi connectivity index (χ1n) is 20.8. The third-order valence-corrected chi connectivity index (χ3v) is 15.1. The van der Waals surface area contributed by atoms with Gasteiger partial charge in [-0.3, -0.25) is 34.1 Å². The SMILES string of the molecule is C=C[C@@H]1C[C@]1(NC(=O)C1C[C@@H](OC(=O)N2Cc3cccc(F)c3C2)CN1C(=O)[C@H](CN(CCCC)S(=O)(=O)c1ccccc1[N+](=O)[O-])NC(=O)OC(C)(C)C)C(=O)NS(=O)(=O)C1CC1. The zero-order valence-electron chi connectivity index (χ0n) is 35.8. The van der Waals surface area contributed by atoms with E-state index < -0.39 is 125 Å². The Morgan fingerprint density at radius 2 is 1.78 bits per heavy atom. The van der Waals surface area contributed by atoms with Crippen LogP contribution in [0.2, 0.25) is 0 Å². The lowest BCUT2D eigenvalue weighted by Gasteiger charge is -2.32. The molecule has 4 aliphatic rings. The van der Waals surface area contributed by atoms with Crippen LogP contribution < -0.4 is 15.4 Å². The molecule has 64 heavy (non-hydrogen) atoms. The monoisotopic (exact) mass is 933 g/mol. The minimum absolute atomic E-state index is 0.000921. The van der Waals surface area contributed by atoms with E-state index in [-0.39, 0.29) is 44.5 Å². The third-order valence-electron chi connectivity index (χ3n) is 11.4. The van der Waals surface area contributed by atoms with E-state index >= 15 is 0 Å². The highest BCUT2D eigenvalue weighted by Crippen LogP contribution is 2.45. The predicted molar refractivity (Wildman–Crippen MR) is 225 cm³/mol. The molecule has 3 N–H and O–H groups in total. The Hall–Kier alpha value is -5.68. The fourth-order valence-electron chi connectivity index (χ4n) is 7.77. The van der Waals surface area contributed by atoms with Crippen molar-refractivity contribution in [3.05, 3.63) is 82.2 Å². The number of hydrogen-bond acceptors (Lipinski definition) is 13. The number of benzene rings is 2. The van der Waals surface area contributed by atoms with Crippen molar-refractivity contribution in [2.24, 2.45) is 5.92 Å². The predicted octanol–water partition coefficient (Wildman–Crippen LogP) is 3.21. The van der Waals surface area contributed by atoms with Gasteiger partial charge in [-0.2, -0.15) is 4.31 Å². The number of fused-ring (bicyclic) bond motifs is 1. The van der Waals surface area contributed by atoms with Crippen LogP contribution in [-0.4, -0.2) is 120 Å². The lowest BCUT2D eigenvalue weighted by Crippen LogP contribution is -2.60. The van der Waals surface area contributed by atoms with Crippen molar-refractivity contribution in [1.29, 1.82) is 0 Å². The van der Waals surface area contributed by atoms with Gasteiger partial charge in [-0.25, -0.2) is 30.8 Å². The number of rotatable bonds is 17. The van der Waals surface area contributed by atoms with Crippen molar-refractivity contribution in [3.8, 4) is 0 Å². The lowest BCUT2D eigenvalue weighted by molar-refractivity contribution is -0.387. The third kappa shape index (κ3) is 10.5. The number of nitro groups is 1. The molecule has 2 aliphatic heterocycles. The Labute approximate surface area is 370 Å². The highest BCUT2D eigenvalue weighted by atomic mass is 32.2. The molecule has 5 atom stereocenters. The first-order valence-corrected chi connectivity index (χ1v) is 23.8. The van der Waals surface area contributed by atoms with Gasteiger partial charge >= 0.3 is 12.2 Å². The van der Waals surface area contributed by atoms with Crippen molar-refractivity contribution in [2.75, 3.05) is 19.6 Å². The molecule has 1 saturated heterocycles. The number of unbranched alkanes of at least 4 members (excludes halogenated alkanes) is 1. The Morgan fingerprint density at radius 1 is 1.08 bits per heavy atom. The zero-order chi connectivity index (χ0) is 46.9. The van der Waals surface area contributed by atoms with Crippen LogP contribution in [-0.2, 0) is 57.0 Å². The maximum absolute atomic E-state index is 15.0. The molecule has 23 heteroatoms. The second kappa shape index (κ2) is 18.4. The average Bonchev–Trinajstić information content (AvgIpc) is 4.11.